The molecule has 0 radical (unpaired) electrons. The van der Waals surface area contributed by atoms with Crippen molar-refractivity contribution < 1.29 is 0 Å². The first-order valence-corrected chi connectivity index (χ1v) is 7.02. The van der Waals surface area contributed by atoms with Gasteiger partial charge < -0.3 is 5.32 Å². The average molecular weight is 249 g/mol. The Kier molecular flexibility index (Phi) is 5.57. The molecule has 1 aromatic heterocycles. The lowest BCUT2D eigenvalue weighted by Crippen LogP contribution is -2.25. The van der Waals surface area contributed by atoms with Crippen LogP contribution in [0.4, 0.5) is 5.82 Å². The Labute approximate surface area is 111 Å². The van der Waals surface area contributed by atoms with Gasteiger partial charge in [0.2, 0.25) is 0 Å². The summed E-state index contributed by atoms with van der Waals surface area (Å²) in [6, 6.07) is 2.06. The molecule has 0 atom stereocenters. The number of rotatable bonds is 6. The van der Waals surface area contributed by atoms with Crippen molar-refractivity contribution in [3.8, 4) is 0 Å². The van der Waals surface area contributed by atoms with E-state index in [0.717, 1.165) is 30.3 Å². The minimum atomic E-state index is 0.672. The second-order valence-corrected chi connectivity index (χ2v) is 5.68. The summed E-state index contributed by atoms with van der Waals surface area (Å²) in [6.45, 7) is 14.2. The van der Waals surface area contributed by atoms with Crippen LogP contribution in [0, 0.1) is 24.7 Å². The van der Waals surface area contributed by atoms with Crippen LogP contribution in [0.15, 0.2) is 6.07 Å². The molecule has 1 N–H and O–H groups in total. The van der Waals surface area contributed by atoms with Gasteiger partial charge in [-0.25, -0.2) is 9.97 Å². The number of anilines is 1. The zero-order valence-corrected chi connectivity index (χ0v) is 12.6. The zero-order chi connectivity index (χ0) is 13.7. The molecule has 0 aromatic carbocycles. The first-order valence-electron chi connectivity index (χ1n) is 7.02. The Balaban J connectivity index is 2.70. The molecule has 0 saturated heterocycles. The van der Waals surface area contributed by atoms with E-state index >= 15 is 0 Å². The van der Waals surface area contributed by atoms with Crippen LogP contribution in [0.1, 0.15) is 46.1 Å². The maximum Gasteiger partial charge on any atom is 0.129 e. The van der Waals surface area contributed by atoms with Crippen molar-refractivity contribution in [2.24, 2.45) is 17.8 Å². The molecule has 1 aromatic rings. The molecule has 0 bridgehead atoms. The number of nitrogens with zero attached hydrogens (tertiary/aromatic N) is 2. The second-order valence-electron chi connectivity index (χ2n) is 5.68. The highest BCUT2D eigenvalue weighted by molar-refractivity contribution is 5.36. The first kappa shape index (κ1) is 14.9. The van der Waals surface area contributed by atoms with Gasteiger partial charge in [0.1, 0.15) is 11.6 Å². The Morgan fingerprint density at radius 1 is 1.11 bits per heavy atom. The van der Waals surface area contributed by atoms with Gasteiger partial charge in [0, 0.05) is 18.3 Å². The Bertz CT molecular complexity index is 364. The normalized spacial score (nSPS) is 11.6. The number of nitrogens with one attached hydrogen (secondary N) is 1. The highest BCUT2D eigenvalue weighted by Crippen LogP contribution is 2.21. The summed E-state index contributed by atoms with van der Waals surface area (Å²) in [7, 11) is 0. The van der Waals surface area contributed by atoms with E-state index in [4.69, 9.17) is 0 Å². The molecule has 0 amide bonds. The van der Waals surface area contributed by atoms with E-state index < -0.39 is 0 Å². The van der Waals surface area contributed by atoms with Gasteiger partial charge in [0.15, 0.2) is 0 Å². The lowest BCUT2D eigenvalue weighted by Gasteiger charge is -2.25. The average Bonchev–Trinajstić information content (AvgIpc) is 2.27. The lowest BCUT2D eigenvalue weighted by atomic mass is 9.85. The van der Waals surface area contributed by atoms with Gasteiger partial charge in [-0.15, -0.1) is 0 Å². The van der Waals surface area contributed by atoms with E-state index in [-0.39, 0.29) is 0 Å². The summed E-state index contributed by atoms with van der Waals surface area (Å²) < 4.78 is 0. The molecule has 3 heteroatoms. The van der Waals surface area contributed by atoms with E-state index in [0.29, 0.717) is 17.8 Å². The quantitative estimate of drug-likeness (QED) is 0.835. The molecular weight excluding hydrogens is 222 g/mol. The monoisotopic (exact) mass is 249 g/mol. The minimum Gasteiger partial charge on any atom is -0.370 e. The van der Waals surface area contributed by atoms with Crippen LogP contribution in [-0.4, -0.2) is 16.5 Å². The molecule has 0 unspecified atom stereocenters. The van der Waals surface area contributed by atoms with E-state index in [2.05, 4.69) is 56.0 Å². The van der Waals surface area contributed by atoms with Gasteiger partial charge >= 0.3 is 0 Å². The van der Waals surface area contributed by atoms with E-state index in [1.165, 1.54) is 0 Å². The van der Waals surface area contributed by atoms with Crippen LogP contribution in [0.5, 0.6) is 0 Å². The number of aryl methyl sites for hydroxylation is 2. The predicted octanol–water partition coefficient (Wildman–Crippen LogP) is 3.69. The van der Waals surface area contributed by atoms with Crippen molar-refractivity contribution >= 4 is 5.82 Å². The fourth-order valence-electron chi connectivity index (χ4n) is 2.36. The Morgan fingerprint density at radius 2 is 1.72 bits per heavy atom. The van der Waals surface area contributed by atoms with Gasteiger partial charge in [-0.05, 0) is 31.1 Å². The molecule has 0 fully saturated rings. The summed E-state index contributed by atoms with van der Waals surface area (Å²) in [6.07, 6.45) is 0.954. The van der Waals surface area contributed by atoms with Crippen LogP contribution >= 0.6 is 0 Å². The Hall–Kier alpha value is -1.12. The summed E-state index contributed by atoms with van der Waals surface area (Å²) >= 11 is 0. The number of hydrogen-bond donors (Lipinski definition) is 1. The molecular formula is C15H27N3. The fourth-order valence-corrected chi connectivity index (χ4v) is 2.36. The van der Waals surface area contributed by atoms with Crippen molar-refractivity contribution in [3.05, 3.63) is 17.6 Å². The maximum atomic E-state index is 4.45. The van der Waals surface area contributed by atoms with Crippen LogP contribution in [0.25, 0.3) is 0 Å². The predicted molar refractivity (Wildman–Crippen MR) is 77.8 cm³/mol. The van der Waals surface area contributed by atoms with Crippen LogP contribution in [-0.2, 0) is 6.42 Å². The van der Waals surface area contributed by atoms with Gasteiger partial charge in [-0.2, -0.15) is 0 Å². The summed E-state index contributed by atoms with van der Waals surface area (Å²) in [4.78, 5) is 8.85. The molecule has 0 aliphatic carbocycles. The lowest BCUT2D eigenvalue weighted by molar-refractivity contribution is 0.304. The molecule has 102 valence electrons. The van der Waals surface area contributed by atoms with Crippen LogP contribution in [0.2, 0.25) is 0 Å². The third kappa shape index (κ3) is 4.28. The summed E-state index contributed by atoms with van der Waals surface area (Å²) in [5.41, 5.74) is 1.11. The van der Waals surface area contributed by atoms with E-state index in [1.807, 2.05) is 6.92 Å². The highest BCUT2D eigenvalue weighted by atomic mass is 15.0. The minimum absolute atomic E-state index is 0.672. The van der Waals surface area contributed by atoms with Gasteiger partial charge in [-0.3, -0.25) is 0 Å². The van der Waals surface area contributed by atoms with Crippen molar-refractivity contribution in [2.75, 3.05) is 11.9 Å². The first-order chi connectivity index (χ1) is 8.43. The number of hydrogen-bond acceptors (Lipinski definition) is 3. The molecule has 1 rings (SSSR count). The standard InChI is InChI=1S/C15H27N3/c1-7-13-8-15(18-12(6)17-13)16-9-14(10(2)3)11(4)5/h8,10-11,14H,7,9H2,1-6H3,(H,16,17,18). The van der Waals surface area contributed by atoms with Crippen molar-refractivity contribution in [1.29, 1.82) is 0 Å². The second kappa shape index (κ2) is 6.72. The topological polar surface area (TPSA) is 37.8 Å². The van der Waals surface area contributed by atoms with Crippen LogP contribution in [0.3, 0.4) is 0 Å². The molecule has 0 aliphatic heterocycles. The highest BCUT2D eigenvalue weighted by Gasteiger charge is 2.17. The molecule has 0 spiro atoms. The Morgan fingerprint density at radius 3 is 2.22 bits per heavy atom. The van der Waals surface area contributed by atoms with Gasteiger partial charge in [-0.1, -0.05) is 34.6 Å². The summed E-state index contributed by atoms with van der Waals surface area (Å²) in [5.74, 6) is 3.86. The SMILES string of the molecule is CCc1cc(NCC(C(C)C)C(C)C)nc(C)n1. The fraction of sp³-hybridized carbons (Fsp3) is 0.733. The van der Waals surface area contributed by atoms with Crippen LogP contribution < -0.4 is 5.32 Å². The largest absolute Gasteiger partial charge is 0.370 e. The molecule has 18 heavy (non-hydrogen) atoms. The van der Waals surface area contributed by atoms with Crippen molar-refractivity contribution in [1.82, 2.24) is 9.97 Å². The van der Waals surface area contributed by atoms with Gasteiger partial charge in [0.05, 0.1) is 0 Å². The van der Waals surface area contributed by atoms with Crippen molar-refractivity contribution in [2.45, 2.75) is 48.0 Å². The van der Waals surface area contributed by atoms with E-state index in [1.54, 1.807) is 0 Å². The number of aromatic nitrogens is 2. The molecule has 3 nitrogen and oxygen atoms in total. The smallest absolute Gasteiger partial charge is 0.129 e. The van der Waals surface area contributed by atoms with Gasteiger partial charge in [0.25, 0.3) is 0 Å². The third-order valence-corrected chi connectivity index (χ3v) is 3.48. The molecule has 0 aliphatic rings. The molecule has 1 heterocycles. The van der Waals surface area contributed by atoms with E-state index in [9.17, 15) is 0 Å². The van der Waals surface area contributed by atoms with Crippen molar-refractivity contribution in [3.63, 3.8) is 0 Å². The zero-order valence-electron chi connectivity index (χ0n) is 12.6. The maximum absolute atomic E-state index is 4.45. The molecule has 0 saturated carbocycles. The summed E-state index contributed by atoms with van der Waals surface area (Å²) in [5, 5.41) is 3.47. The third-order valence-electron chi connectivity index (χ3n) is 3.48.